The number of rotatable bonds is 8. The van der Waals surface area contributed by atoms with Gasteiger partial charge in [-0.2, -0.15) is 0 Å². The Morgan fingerprint density at radius 2 is 1.47 bits per heavy atom. The van der Waals surface area contributed by atoms with E-state index in [1.54, 1.807) is 38.5 Å². The summed E-state index contributed by atoms with van der Waals surface area (Å²) < 4.78 is 29.2. The van der Waals surface area contributed by atoms with Crippen LogP contribution in [0.4, 0.5) is 9.18 Å². The Morgan fingerprint density at radius 3 is 2.13 bits per heavy atom. The molecule has 156 valence electrons. The Labute approximate surface area is 174 Å². The van der Waals surface area contributed by atoms with Gasteiger partial charge >= 0.3 is 6.03 Å². The van der Waals surface area contributed by atoms with Gasteiger partial charge in [0.1, 0.15) is 17.3 Å². The van der Waals surface area contributed by atoms with E-state index in [2.05, 4.69) is 10.6 Å². The summed E-state index contributed by atoms with van der Waals surface area (Å²) in [4.78, 5) is 12.1. The van der Waals surface area contributed by atoms with Crippen LogP contribution in [0.1, 0.15) is 11.1 Å². The summed E-state index contributed by atoms with van der Waals surface area (Å²) in [5, 5.41) is 5.61. The van der Waals surface area contributed by atoms with Crippen molar-refractivity contribution in [3.05, 3.63) is 83.7 Å². The van der Waals surface area contributed by atoms with Crippen LogP contribution in [0.25, 0.3) is 0 Å². The number of hydrogen-bond acceptors (Lipinski definition) is 4. The summed E-state index contributed by atoms with van der Waals surface area (Å²) in [5.74, 6) is 2.06. The summed E-state index contributed by atoms with van der Waals surface area (Å²) in [5.41, 5.74) is 1.76. The van der Waals surface area contributed by atoms with Gasteiger partial charge in [-0.3, -0.25) is 0 Å². The van der Waals surface area contributed by atoms with Crippen LogP contribution in [-0.4, -0.2) is 20.3 Å². The molecule has 0 aromatic heterocycles. The Morgan fingerprint density at radius 1 is 0.800 bits per heavy atom. The molecule has 3 aromatic carbocycles. The highest BCUT2D eigenvalue weighted by Crippen LogP contribution is 2.27. The van der Waals surface area contributed by atoms with Crippen molar-refractivity contribution >= 4 is 6.03 Å². The lowest BCUT2D eigenvalue weighted by molar-refractivity contribution is 0.240. The number of benzene rings is 3. The quantitative estimate of drug-likeness (QED) is 0.568. The van der Waals surface area contributed by atoms with Crippen LogP contribution in [0.3, 0.4) is 0 Å². The second-order valence-electron chi connectivity index (χ2n) is 6.43. The maximum atomic E-state index is 13.0. The molecule has 0 unspecified atom stereocenters. The number of carbonyl (C=O) groups excluding carboxylic acids is 1. The second kappa shape index (κ2) is 10.2. The Kier molecular flexibility index (Phi) is 7.10. The zero-order valence-electron chi connectivity index (χ0n) is 16.8. The third kappa shape index (κ3) is 5.88. The fourth-order valence-electron chi connectivity index (χ4n) is 2.78. The number of hydrogen-bond donors (Lipinski definition) is 2. The fourth-order valence-corrected chi connectivity index (χ4v) is 2.78. The van der Waals surface area contributed by atoms with E-state index in [1.807, 2.05) is 30.3 Å². The lowest BCUT2D eigenvalue weighted by Gasteiger charge is -2.11. The maximum absolute atomic E-state index is 13.0. The molecule has 6 nitrogen and oxygen atoms in total. The first kappa shape index (κ1) is 21.0. The number of urea groups is 1. The molecular formula is C23H23FN2O4. The topological polar surface area (TPSA) is 68.8 Å². The van der Waals surface area contributed by atoms with E-state index in [0.717, 1.165) is 11.1 Å². The Balaban J connectivity index is 1.50. The van der Waals surface area contributed by atoms with Gasteiger partial charge in [-0.1, -0.05) is 18.2 Å². The lowest BCUT2D eigenvalue weighted by Crippen LogP contribution is -2.34. The molecule has 0 spiro atoms. The van der Waals surface area contributed by atoms with Crippen molar-refractivity contribution in [2.45, 2.75) is 13.1 Å². The van der Waals surface area contributed by atoms with Crippen molar-refractivity contribution in [2.75, 3.05) is 14.2 Å². The molecule has 0 aliphatic heterocycles. The van der Waals surface area contributed by atoms with Crippen LogP contribution in [0.5, 0.6) is 23.0 Å². The zero-order chi connectivity index (χ0) is 21.3. The highest BCUT2D eigenvalue weighted by Gasteiger charge is 2.07. The molecule has 2 N–H and O–H groups in total. The van der Waals surface area contributed by atoms with Crippen molar-refractivity contribution in [1.82, 2.24) is 10.6 Å². The first-order valence-electron chi connectivity index (χ1n) is 9.32. The van der Waals surface area contributed by atoms with Gasteiger partial charge in [0, 0.05) is 13.1 Å². The average molecular weight is 410 g/mol. The molecule has 0 fully saturated rings. The van der Waals surface area contributed by atoms with E-state index < -0.39 is 0 Å². The third-order valence-corrected chi connectivity index (χ3v) is 4.30. The SMILES string of the molecule is COc1ccc(CNC(=O)NCc2cccc(Oc3ccc(F)cc3)c2)cc1OC. The number of methoxy groups -OCH3 is 2. The van der Waals surface area contributed by atoms with Crippen molar-refractivity contribution in [3.8, 4) is 23.0 Å². The molecule has 3 aromatic rings. The van der Waals surface area contributed by atoms with E-state index in [1.165, 1.54) is 12.1 Å². The van der Waals surface area contributed by atoms with E-state index in [4.69, 9.17) is 14.2 Å². The van der Waals surface area contributed by atoms with Gasteiger partial charge in [-0.05, 0) is 59.7 Å². The third-order valence-electron chi connectivity index (χ3n) is 4.30. The highest BCUT2D eigenvalue weighted by molar-refractivity contribution is 5.73. The number of halogens is 1. The summed E-state index contributed by atoms with van der Waals surface area (Å²) in [7, 11) is 3.14. The second-order valence-corrected chi connectivity index (χ2v) is 6.43. The lowest BCUT2D eigenvalue weighted by atomic mass is 10.2. The molecule has 30 heavy (non-hydrogen) atoms. The molecule has 0 radical (unpaired) electrons. The summed E-state index contributed by atoms with van der Waals surface area (Å²) in [6.45, 7) is 0.679. The van der Waals surface area contributed by atoms with Gasteiger partial charge in [0.2, 0.25) is 0 Å². The number of ether oxygens (including phenoxy) is 3. The number of amides is 2. The smallest absolute Gasteiger partial charge is 0.315 e. The van der Waals surface area contributed by atoms with Gasteiger partial charge in [-0.15, -0.1) is 0 Å². The number of carbonyl (C=O) groups is 1. The van der Waals surface area contributed by atoms with Gasteiger partial charge in [-0.25, -0.2) is 9.18 Å². The molecule has 2 amide bonds. The molecule has 0 aliphatic carbocycles. The molecular weight excluding hydrogens is 387 g/mol. The zero-order valence-corrected chi connectivity index (χ0v) is 16.8. The van der Waals surface area contributed by atoms with E-state index in [0.29, 0.717) is 36.1 Å². The van der Waals surface area contributed by atoms with Crippen molar-refractivity contribution in [2.24, 2.45) is 0 Å². The summed E-state index contributed by atoms with van der Waals surface area (Å²) in [6, 6.07) is 18.3. The molecule has 0 bridgehead atoms. The molecule has 0 saturated carbocycles. The fraction of sp³-hybridized carbons (Fsp3) is 0.174. The molecule has 3 rings (SSSR count). The minimum absolute atomic E-state index is 0.297. The van der Waals surface area contributed by atoms with Gasteiger partial charge in [0.25, 0.3) is 0 Å². The van der Waals surface area contributed by atoms with E-state index >= 15 is 0 Å². The Bertz CT molecular complexity index is 993. The van der Waals surface area contributed by atoms with Gasteiger partial charge in [0.15, 0.2) is 11.5 Å². The van der Waals surface area contributed by atoms with Crippen LogP contribution in [0.2, 0.25) is 0 Å². The molecule has 0 aliphatic rings. The predicted molar refractivity (Wildman–Crippen MR) is 112 cm³/mol. The number of nitrogens with one attached hydrogen (secondary N) is 2. The molecule has 7 heteroatoms. The highest BCUT2D eigenvalue weighted by atomic mass is 19.1. The van der Waals surface area contributed by atoms with Crippen LogP contribution >= 0.6 is 0 Å². The largest absolute Gasteiger partial charge is 0.493 e. The standard InChI is InChI=1S/C23H23FN2O4/c1-28-21-11-6-17(13-22(21)29-2)15-26-23(27)25-14-16-4-3-5-20(12-16)30-19-9-7-18(24)8-10-19/h3-13H,14-15H2,1-2H3,(H2,25,26,27). The van der Waals surface area contributed by atoms with Gasteiger partial charge < -0.3 is 24.8 Å². The first-order chi connectivity index (χ1) is 14.6. The molecule has 0 atom stereocenters. The summed E-state index contributed by atoms with van der Waals surface area (Å²) >= 11 is 0. The van der Waals surface area contributed by atoms with E-state index in [9.17, 15) is 9.18 Å². The van der Waals surface area contributed by atoms with Crippen LogP contribution in [0.15, 0.2) is 66.7 Å². The van der Waals surface area contributed by atoms with Crippen LogP contribution < -0.4 is 24.8 Å². The first-order valence-corrected chi connectivity index (χ1v) is 9.32. The van der Waals surface area contributed by atoms with Crippen LogP contribution in [-0.2, 0) is 13.1 Å². The van der Waals surface area contributed by atoms with E-state index in [-0.39, 0.29) is 11.8 Å². The maximum Gasteiger partial charge on any atom is 0.315 e. The average Bonchev–Trinajstić information content (AvgIpc) is 2.78. The van der Waals surface area contributed by atoms with Crippen molar-refractivity contribution in [3.63, 3.8) is 0 Å². The Hall–Kier alpha value is -3.74. The minimum Gasteiger partial charge on any atom is -0.493 e. The predicted octanol–water partition coefficient (Wildman–Crippen LogP) is 4.63. The van der Waals surface area contributed by atoms with Crippen LogP contribution in [0, 0.1) is 5.82 Å². The molecule has 0 heterocycles. The van der Waals surface area contributed by atoms with Gasteiger partial charge in [0.05, 0.1) is 14.2 Å². The van der Waals surface area contributed by atoms with Crippen molar-refractivity contribution < 1.29 is 23.4 Å². The monoisotopic (exact) mass is 410 g/mol. The molecule has 0 saturated heterocycles. The van der Waals surface area contributed by atoms with Crippen molar-refractivity contribution in [1.29, 1.82) is 0 Å². The summed E-state index contributed by atoms with van der Waals surface area (Å²) in [6.07, 6.45) is 0. The normalized spacial score (nSPS) is 10.2. The minimum atomic E-state index is -0.320.